The van der Waals surface area contributed by atoms with E-state index in [-0.39, 0.29) is 12.4 Å². The summed E-state index contributed by atoms with van der Waals surface area (Å²) in [5.74, 6) is 0. The summed E-state index contributed by atoms with van der Waals surface area (Å²) in [6, 6.07) is 6.50. The Bertz CT molecular complexity index is 323. The van der Waals surface area contributed by atoms with Gasteiger partial charge in [0.25, 0.3) is 0 Å². The van der Waals surface area contributed by atoms with Gasteiger partial charge in [0, 0.05) is 15.5 Å². The molecule has 0 unspecified atom stereocenters. The van der Waals surface area contributed by atoms with E-state index < -0.39 is 0 Å². The van der Waals surface area contributed by atoms with Crippen molar-refractivity contribution >= 4 is 40.7 Å². The van der Waals surface area contributed by atoms with Crippen LogP contribution in [0.4, 0.5) is 5.69 Å². The molecule has 1 aliphatic rings. The number of halogens is 2. The van der Waals surface area contributed by atoms with Gasteiger partial charge in [-0.3, -0.25) is 0 Å². The number of benzene rings is 1. The van der Waals surface area contributed by atoms with Gasteiger partial charge in [0.2, 0.25) is 0 Å². The maximum atomic E-state index is 3.45. The van der Waals surface area contributed by atoms with E-state index >= 15 is 0 Å². The smallest absolute Gasteiger partial charge is 0.0514 e. The highest BCUT2D eigenvalue weighted by Gasteiger charge is 2.30. The molecule has 1 aliphatic heterocycles. The van der Waals surface area contributed by atoms with Crippen LogP contribution in [0.2, 0.25) is 0 Å². The van der Waals surface area contributed by atoms with Crippen molar-refractivity contribution in [3.63, 3.8) is 0 Å². The monoisotopic (exact) mass is 309 g/mol. The fourth-order valence-electron chi connectivity index (χ4n) is 1.67. The Morgan fingerprint density at radius 1 is 1.38 bits per heavy atom. The van der Waals surface area contributed by atoms with Gasteiger partial charge >= 0.3 is 0 Å². The Labute approximate surface area is 98.9 Å². The van der Waals surface area contributed by atoms with Crippen LogP contribution in [0.3, 0.4) is 0 Å². The first-order valence-corrected chi connectivity index (χ1v) is 5.22. The van der Waals surface area contributed by atoms with Crippen molar-refractivity contribution in [3.05, 3.63) is 27.3 Å². The molecule has 0 bridgehead atoms. The van der Waals surface area contributed by atoms with E-state index in [9.17, 15) is 0 Å². The van der Waals surface area contributed by atoms with Gasteiger partial charge in [-0.1, -0.05) is 26.0 Å². The van der Waals surface area contributed by atoms with Crippen LogP contribution in [0.5, 0.6) is 0 Å². The molecule has 1 aromatic rings. The molecule has 72 valence electrons. The molecule has 0 saturated heterocycles. The minimum Gasteiger partial charge on any atom is -0.383 e. The second-order valence-corrected chi connectivity index (χ2v) is 5.06. The summed E-state index contributed by atoms with van der Waals surface area (Å²) in [4.78, 5) is 0. The van der Waals surface area contributed by atoms with Gasteiger partial charge in [0.05, 0.1) is 5.69 Å². The second kappa shape index (κ2) is 3.65. The summed E-state index contributed by atoms with van der Waals surface area (Å²) in [5, 5.41) is 3.45. The molecule has 1 nitrogen and oxygen atoms in total. The van der Waals surface area contributed by atoms with Crippen molar-refractivity contribution in [2.45, 2.75) is 19.3 Å². The van der Waals surface area contributed by atoms with Crippen LogP contribution in [0, 0.1) is 3.57 Å². The van der Waals surface area contributed by atoms with Crippen LogP contribution in [-0.4, -0.2) is 6.54 Å². The largest absolute Gasteiger partial charge is 0.383 e. The Hall–Kier alpha value is 0.0400. The molecular formula is C10H13ClIN. The van der Waals surface area contributed by atoms with Gasteiger partial charge in [-0.15, -0.1) is 12.4 Å². The van der Waals surface area contributed by atoms with Gasteiger partial charge in [-0.05, 0) is 34.2 Å². The lowest BCUT2D eigenvalue weighted by atomic mass is 9.87. The first-order chi connectivity index (χ1) is 5.61. The molecule has 0 amide bonds. The molecule has 0 saturated carbocycles. The van der Waals surface area contributed by atoms with Crippen LogP contribution in [-0.2, 0) is 5.41 Å². The summed E-state index contributed by atoms with van der Waals surface area (Å²) in [6.45, 7) is 5.62. The number of fused-ring (bicyclic) bond motifs is 1. The Morgan fingerprint density at radius 3 is 2.69 bits per heavy atom. The first kappa shape index (κ1) is 11.1. The molecule has 0 atom stereocenters. The van der Waals surface area contributed by atoms with Crippen LogP contribution in [0.15, 0.2) is 18.2 Å². The van der Waals surface area contributed by atoms with E-state index in [1.165, 1.54) is 14.8 Å². The molecular weight excluding hydrogens is 296 g/mol. The molecule has 0 radical (unpaired) electrons. The summed E-state index contributed by atoms with van der Waals surface area (Å²) >= 11 is 2.38. The molecule has 13 heavy (non-hydrogen) atoms. The molecule has 0 aliphatic carbocycles. The zero-order valence-electron chi connectivity index (χ0n) is 7.73. The first-order valence-electron chi connectivity index (χ1n) is 4.14. The summed E-state index contributed by atoms with van der Waals surface area (Å²) in [5.41, 5.74) is 3.09. The minimum atomic E-state index is 0. The third kappa shape index (κ3) is 1.79. The number of hydrogen-bond acceptors (Lipinski definition) is 1. The number of para-hydroxylation sites is 1. The van der Waals surface area contributed by atoms with Crippen LogP contribution in [0.25, 0.3) is 0 Å². The highest BCUT2D eigenvalue weighted by atomic mass is 127. The maximum Gasteiger partial charge on any atom is 0.0514 e. The lowest BCUT2D eigenvalue weighted by molar-refractivity contribution is 0.586. The summed E-state index contributed by atoms with van der Waals surface area (Å²) < 4.78 is 1.33. The lowest BCUT2D eigenvalue weighted by Gasteiger charge is -2.16. The SMILES string of the molecule is CC1(C)CNc2c(I)cccc21.Cl. The molecule has 0 spiro atoms. The predicted octanol–water partition coefficient (Wildman–Crippen LogP) is 3.42. The highest BCUT2D eigenvalue weighted by Crippen LogP contribution is 2.38. The average Bonchev–Trinajstić information content (AvgIpc) is 2.30. The molecule has 1 aromatic carbocycles. The number of rotatable bonds is 0. The Morgan fingerprint density at radius 2 is 2.08 bits per heavy atom. The van der Waals surface area contributed by atoms with Crippen molar-refractivity contribution < 1.29 is 0 Å². The van der Waals surface area contributed by atoms with Crippen molar-refractivity contribution in [2.24, 2.45) is 0 Å². The molecule has 0 fully saturated rings. The van der Waals surface area contributed by atoms with Crippen LogP contribution < -0.4 is 5.32 Å². The van der Waals surface area contributed by atoms with Gasteiger partial charge < -0.3 is 5.32 Å². The van der Waals surface area contributed by atoms with E-state index in [4.69, 9.17) is 0 Å². The van der Waals surface area contributed by atoms with E-state index in [1.807, 2.05) is 0 Å². The minimum absolute atomic E-state index is 0. The predicted molar refractivity (Wildman–Crippen MR) is 67.9 cm³/mol. The molecule has 1 heterocycles. The van der Waals surface area contributed by atoms with Gasteiger partial charge in [-0.2, -0.15) is 0 Å². The third-order valence-corrected chi connectivity index (χ3v) is 3.35. The fraction of sp³-hybridized carbons (Fsp3) is 0.400. The van der Waals surface area contributed by atoms with E-state index in [2.05, 4.69) is 60.0 Å². The molecule has 1 N–H and O–H groups in total. The van der Waals surface area contributed by atoms with Gasteiger partial charge in [0.15, 0.2) is 0 Å². The Kier molecular flexibility index (Phi) is 3.12. The zero-order chi connectivity index (χ0) is 8.77. The van der Waals surface area contributed by atoms with Gasteiger partial charge in [0.1, 0.15) is 0 Å². The van der Waals surface area contributed by atoms with E-state index in [0.29, 0.717) is 5.41 Å². The normalized spacial score (nSPS) is 17.2. The molecule has 0 aromatic heterocycles. The molecule has 2 rings (SSSR count). The van der Waals surface area contributed by atoms with Crippen molar-refractivity contribution in [1.82, 2.24) is 0 Å². The van der Waals surface area contributed by atoms with E-state index in [0.717, 1.165) is 6.54 Å². The Balaban J connectivity index is 0.000000845. The topological polar surface area (TPSA) is 12.0 Å². The quantitative estimate of drug-likeness (QED) is 0.724. The van der Waals surface area contributed by atoms with Crippen LogP contribution >= 0.6 is 35.0 Å². The van der Waals surface area contributed by atoms with Crippen molar-refractivity contribution in [1.29, 1.82) is 0 Å². The number of anilines is 1. The summed E-state index contributed by atoms with van der Waals surface area (Å²) in [7, 11) is 0. The van der Waals surface area contributed by atoms with Crippen molar-refractivity contribution in [2.75, 3.05) is 11.9 Å². The average molecular weight is 310 g/mol. The van der Waals surface area contributed by atoms with Crippen molar-refractivity contribution in [3.8, 4) is 0 Å². The van der Waals surface area contributed by atoms with Crippen LogP contribution in [0.1, 0.15) is 19.4 Å². The second-order valence-electron chi connectivity index (χ2n) is 3.90. The zero-order valence-corrected chi connectivity index (χ0v) is 10.7. The lowest BCUT2D eigenvalue weighted by Crippen LogP contribution is -2.18. The number of hydrogen-bond donors (Lipinski definition) is 1. The van der Waals surface area contributed by atoms with E-state index in [1.54, 1.807) is 0 Å². The number of nitrogens with one attached hydrogen (secondary N) is 1. The highest BCUT2D eigenvalue weighted by molar-refractivity contribution is 14.1. The standard InChI is InChI=1S/C10H12IN.ClH/c1-10(2)6-12-9-7(10)4-3-5-8(9)11;/h3-5,12H,6H2,1-2H3;1H. The fourth-order valence-corrected chi connectivity index (χ4v) is 2.36. The van der Waals surface area contributed by atoms with Gasteiger partial charge in [-0.25, -0.2) is 0 Å². The maximum absolute atomic E-state index is 3.45. The third-order valence-electron chi connectivity index (χ3n) is 2.45. The summed E-state index contributed by atoms with van der Waals surface area (Å²) in [6.07, 6.45) is 0. The molecule has 3 heteroatoms.